The minimum absolute atomic E-state index is 0.000368. The van der Waals surface area contributed by atoms with Gasteiger partial charge < -0.3 is 25.4 Å². The number of carbonyl (C=O) groups is 5. The van der Waals surface area contributed by atoms with Crippen LogP contribution in [0.2, 0.25) is 0 Å². The Morgan fingerprint density at radius 2 is 1.60 bits per heavy atom. The summed E-state index contributed by atoms with van der Waals surface area (Å²) in [6, 6.07) is 21.0. The number of rotatable bonds is 13. The van der Waals surface area contributed by atoms with E-state index in [-0.39, 0.29) is 56.8 Å². The van der Waals surface area contributed by atoms with Gasteiger partial charge in [-0.15, -0.1) is 0 Å². The monoisotopic (exact) mass is 779 g/mol. The SMILES string of the molecule is C[C@]12C=CC(=O)C=C1CC[C@H]1[C@@H]3CC[C@](O)(C(=O)COC(=O)CCC(=O)OCc4ccc(C(CN)C(=O)Cc5ccc6ccccc6c5)cc4)[C@@]3(C)C[C@H](O)[C@@]12F. The van der Waals surface area contributed by atoms with Crippen LogP contribution in [-0.4, -0.2) is 70.0 Å². The number of aliphatic hydroxyl groups is 2. The average molecular weight is 780 g/mol. The number of halogens is 1. The molecule has 3 saturated carbocycles. The van der Waals surface area contributed by atoms with Crippen LogP contribution in [-0.2, 0) is 46.5 Å². The molecule has 7 rings (SSSR count). The van der Waals surface area contributed by atoms with Crippen molar-refractivity contribution in [2.45, 2.75) is 95.1 Å². The standard InChI is InChI=1S/C46H50FNO9/c1-43-19-17-34(49)23-33(43)13-14-37-36-18-20-45(55,44(36,2)24-39(51)46(37,43)47)40(52)27-57-42(54)16-15-41(53)56-26-28-7-11-31(12-8-28)35(25-48)38(50)22-29-9-10-30-5-3-4-6-32(30)21-29/h3-12,17,19,21,23,35-37,39,51,55H,13-16,18,20,22,24-27,48H2,1-2H3/t35?,36-,37-,39-,43-,44-,45-,46-/m0/s1. The third-order valence-corrected chi connectivity index (χ3v) is 13.8. The van der Waals surface area contributed by atoms with Crippen LogP contribution >= 0.6 is 0 Å². The van der Waals surface area contributed by atoms with Crippen molar-refractivity contribution in [3.05, 3.63) is 107 Å². The van der Waals surface area contributed by atoms with Gasteiger partial charge in [-0.1, -0.05) is 85.3 Å². The number of benzene rings is 3. The number of Topliss-reactive ketones (excluding diaryl/α,β-unsaturated/α-hetero) is 2. The van der Waals surface area contributed by atoms with Gasteiger partial charge in [0.2, 0.25) is 5.78 Å². The number of allylic oxidation sites excluding steroid dienone is 4. The summed E-state index contributed by atoms with van der Waals surface area (Å²) >= 11 is 0. The fraction of sp³-hybridized carbons (Fsp3) is 0.457. The Morgan fingerprint density at radius 1 is 0.912 bits per heavy atom. The molecule has 57 heavy (non-hydrogen) atoms. The van der Waals surface area contributed by atoms with Gasteiger partial charge in [0.1, 0.15) is 18.0 Å². The van der Waals surface area contributed by atoms with E-state index in [1.807, 2.05) is 42.5 Å². The number of nitrogens with two attached hydrogens (primary N) is 1. The van der Waals surface area contributed by atoms with E-state index in [4.69, 9.17) is 15.2 Å². The zero-order chi connectivity index (χ0) is 40.8. The number of alkyl halides is 1. The first-order chi connectivity index (χ1) is 27.1. The van der Waals surface area contributed by atoms with Crippen LogP contribution in [0.25, 0.3) is 10.8 Å². The summed E-state index contributed by atoms with van der Waals surface area (Å²) in [6.45, 7) is 2.76. The molecule has 0 saturated heterocycles. The minimum atomic E-state index is -2.09. The molecule has 0 aromatic heterocycles. The van der Waals surface area contributed by atoms with Crippen LogP contribution in [0.3, 0.4) is 0 Å². The molecule has 3 aromatic carbocycles. The molecule has 4 N–H and O–H groups in total. The van der Waals surface area contributed by atoms with Crippen LogP contribution in [0.5, 0.6) is 0 Å². The predicted octanol–water partition coefficient (Wildman–Crippen LogP) is 5.73. The van der Waals surface area contributed by atoms with Crippen molar-refractivity contribution in [1.29, 1.82) is 0 Å². The van der Waals surface area contributed by atoms with Gasteiger partial charge in [0.25, 0.3) is 0 Å². The Balaban J connectivity index is 0.875. The van der Waals surface area contributed by atoms with Crippen LogP contribution in [0.15, 0.2) is 90.5 Å². The van der Waals surface area contributed by atoms with Gasteiger partial charge in [-0.2, -0.15) is 0 Å². The van der Waals surface area contributed by atoms with Gasteiger partial charge >= 0.3 is 11.9 Å². The number of aliphatic hydroxyl groups excluding tert-OH is 1. The smallest absolute Gasteiger partial charge is 0.306 e. The summed E-state index contributed by atoms with van der Waals surface area (Å²) in [5.41, 5.74) is 2.59. The van der Waals surface area contributed by atoms with Gasteiger partial charge in [0, 0.05) is 29.7 Å². The number of fused-ring (bicyclic) bond motifs is 6. The lowest BCUT2D eigenvalue weighted by Crippen LogP contribution is -2.69. The van der Waals surface area contributed by atoms with Crippen molar-refractivity contribution in [2.24, 2.45) is 28.4 Å². The maximum absolute atomic E-state index is 17.3. The zero-order valence-corrected chi connectivity index (χ0v) is 32.4. The van der Waals surface area contributed by atoms with Crippen molar-refractivity contribution in [2.75, 3.05) is 13.2 Å². The third kappa shape index (κ3) is 7.08. The van der Waals surface area contributed by atoms with E-state index in [2.05, 4.69) is 0 Å². The third-order valence-electron chi connectivity index (χ3n) is 13.8. The molecule has 4 aliphatic rings. The Hall–Kier alpha value is -4.84. The Bertz CT molecular complexity index is 2160. The quantitative estimate of drug-likeness (QED) is 0.182. The molecule has 1 unspecified atom stereocenters. The molecule has 3 aromatic rings. The second-order valence-corrected chi connectivity index (χ2v) is 16.8. The number of ketones is 3. The Labute approximate surface area is 331 Å². The highest BCUT2D eigenvalue weighted by atomic mass is 19.1. The van der Waals surface area contributed by atoms with Gasteiger partial charge in [-0.25, -0.2) is 4.39 Å². The zero-order valence-electron chi connectivity index (χ0n) is 32.4. The van der Waals surface area contributed by atoms with Crippen LogP contribution in [0.4, 0.5) is 4.39 Å². The first-order valence-electron chi connectivity index (χ1n) is 19.8. The maximum Gasteiger partial charge on any atom is 0.306 e. The summed E-state index contributed by atoms with van der Waals surface area (Å²) in [6.07, 6.45) is 3.45. The van der Waals surface area contributed by atoms with Crippen molar-refractivity contribution in [3.8, 4) is 0 Å². The van der Waals surface area contributed by atoms with Crippen molar-refractivity contribution in [3.63, 3.8) is 0 Å². The van der Waals surface area contributed by atoms with Gasteiger partial charge in [0.05, 0.1) is 24.9 Å². The molecule has 0 spiro atoms. The Morgan fingerprint density at radius 3 is 2.32 bits per heavy atom. The van der Waals surface area contributed by atoms with E-state index in [9.17, 15) is 34.2 Å². The minimum Gasteiger partial charge on any atom is -0.461 e. The lowest BCUT2D eigenvalue weighted by molar-refractivity contribution is -0.217. The van der Waals surface area contributed by atoms with E-state index in [0.29, 0.717) is 30.4 Å². The van der Waals surface area contributed by atoms with Gasteiger partial charge in [0.15, 0.2) is 18.1 Å². The normalized spacial score (nSPS) is 30.7. The first-order valence-corrected chi connectivity index (χ1v) is 19.8. The molecule has 0 amide bonds. The average Bonchev–Trinajstić information content (AvgIpc) is 3.46. The number of hydrogen-bond acceptors (Lipinski definition) is 10. The molecular formula is C46H50FNO9. The maximum atomic E-state index is 17.3. The van der Waals surface area contributed by atoms with E-state index in [1.165, 1.54) is 12.2 Å². The second kappa shape index (κ2) is 15.5. The first kappa shape index (κ1) is 40.4. The number of hydrogen-bond donors (Lipinski definition) is 3. The van der Waals surface area contributed by atoms with Crippen LogP contribution in [0, 0.1) is 22.7 Å². The molecular weight excluding hydrogens is 730 g/mol. The molecule has 0 radical (unpaired) electrons. The van der Waals surface area contributed by atoms with Crippen molar-refractivity contribution in [1.82, 2.24) is 0 Å². The topological polar surface area (TPSA) is 170 Å². The highest BCUT2D eigenvalue weighted by Crippen LogP contribution is 2.69. The molecule has 4 aliphatic carbocycles. The lowest BCUT2D eigenvalue weighted by atomic mass is 9.44. The summed E-state index contributed by atoms with van der Waals surface area (Å²) < 4.78 is 27.9. The number of carbonyl (C=O) groups excluding carboxylic acids is 5. The van der Waals surface area contributed by atoms with Crippen molar-refractivity contribution >= 4 is 40.1 Å². The van der Waals surface area contributed by atoms with E-state index in [1.54, 1.807) is 44.2 Å². The van der Waals surface area contributed by atoms with E-state index in [0.717, 1.165) is 21.9 Å². The molecule has 0 aliphatic heterocycles. The van der Waals surface area contributed by atoms with Crippen LogP contribution < -0.4 is 5.73 Å². The largest absolute Gasteiger partial charge is 0.461 e. The van der Waals surface area contributed by atoms with Crippen LogP contribution in [0.1, 0.15) is 81.4 Å². The van der Waals surface area contributed by atoms with Gasteiger partial charge in [-0.05, 0) is 84.6 Å². The number of esters is 2. The summed E-state index contributed by atoms with van der Waals surface area (Å²) in [7, 11) is 0. The molecule has 11 heteroatoms. The second-order valence-electron chi connectivity index (χ2n) is 16.8. The molecule has 3 fully saturated rings. The van der Waals surface area contributed by atoms with E-state index < -0.39 is 70.3 Å². The molecule has 8 atom stereocenters. The summed E-state index contributed by atoms with van der Waals surface area (Å²) in [4.78, 5) is 64.0. The van der Waals surface area contributed by atoms with E-state index >= 15 is 4.39 Å². The predicted molar refractivity (Wildman–Crippen MR) is 209 cm³/mol. The fourth-order valence-corrected chi connectivity index (χ4v) is 10.4. The Kier molecular flexibility index (Phi) is 11.0. The van der Waals surface area contributed by atoms with Gasteiger partial charge in [-0.3, -0.25) is 24.0 Å². The highest BCUT2D eigenvalue weighted by Gasteiger charge is 2.74. The fourth-order valence-electron chi connectivity index (χ4n) is 10.4. The van der Waals surface area contributed by atoms with Crippen molar-refractivity contribution < 1.29 is 48.0 Å². The summed E-state index contributed by atoms with van der Waals surface area (Å²) in [5.74, 6) is -4.02. The summed E-state index contributed by atoms with van der Waals surface area (Å²) in [5, 5.41) is 25.5. The number of ether oxygens (including phenoxy) is 2. The highest BCUT2D eigenvalue weighted by molar-refractivity contribution is 6.01. The molecule has 300 valence electrons. The molecule has 0 bridgehead atoms. The lowest BCUT2D eigenvalue weighted by Gasteiger charge is -2.62. The molecule has 10 nitrogen and oxygen atoms in total. The molecule has 0 heterocycles.